The van der Waals surface area contributed by atoms with Crippen molar-refractivity contribution in [2.45, 2.75) is 25.5 Å². The van der Waals surface area contributed by atoms with Crippen LogP contribution in [0.25, 0.3) is 11.4 Å². The lowest BCUT2D eigenvalue weighted by Crippen LogP contribution is -2.20. The van der Waals surface area contributed by atoms with E-state index in [-0.39, 0.29) is 17.4 Å². The topological polar surface area (TPSA) is 102 Å². The highest BCUT2D eigenvalue weighted by Gasteiger charge is 2.14. The molecule has 0 bridgehead atoms. The molecule has 9 heteroatoms. The molecule has 1 aromatic heterocycles. The maximum Gasteiger partial charge on any atom is 0.250 e. The van der Waals surface area contributed by atoms with Crippen LogP contribution in [0.1, 0.15) is 18.1 Å². The average molecular weight is 426 g/mol. The Hall–Kier alpha value is -3.33. The maximum absolute atomic E-state index is 12.1. The Morgan fingerprint density at radius 2 is 2.03 bits per heavy atom. The van der Waals surface area contributed by atoms with Crippen LogP contribution in [0.4, 0.5) is 0 Å². The van der Waals surface area contributed by atoms with E-state index >= 15 is 0 Å². The fraction of sp³-hybridized carbons (Fsp3) is 0.238. The summed E-state index contributed by atoms with van der Waals surface area (Å²) in [6, 6.07) is 13.1. The number of benzene rings is 2. The third kappa shape index (κ3) is 4.98. The van der Waals surface area contributed by atoms with Gasteiger partial charge in [-0.1, -0.05) is 47.7 Å². The number of aromatic hydroxyl groups is 1. The Balaban J connectivity index is 1.60. The van der Waals surface area contributed by atoms with Crippen LogP contribution in [0.5, 0.6) is 11.5 Å². The van der Waals surface area contributed by atoms with E-state index in [2.05, 4.69) is 20.7 Å². The minimum atomic E-state index is -0.291. The van der Waals surface area contributed by atoms with Crippen LogP contribution in [0.15, 0.2) is 52.7 Å². The number of phenols is 1. The van der Waals surface area contributed by atoms with E-state index in [9.17, 15) is 9.90 Å². The van der Waals surface area contributed by atoms with E-state index in [1.54, 1.807) is 18.2 Å². The molecule has 0 saturated carbocycles. The van der Waals surface area contributed by atoms with Crippen molar-refractivity contribution in [3.63, 3.8) is 0 Å². The summed E-state index contributed by atoms with van der Waals surface area (Å²) in [6.45, 7) is 4.73. The molecule has 3 rings (SSSR count). The second-order valence-corrected chi connectivity index (χ2v) is 7.34. The lowest BCUT2D eigenvalue weighted by Gasteiger charge is -2.07. The van der Waals surface area contributed by atoms with E-state index in [1.807, 2.05) is 42.7 Å². The number of hydrogen-bond donors (Lipinski definition) is 2. The molecule has 1 heterocycles. The molecule has 0 aliphatic rings. The molecule has 8 nitrogen and oxygen atoms in total. The minimum absolute atomic E-state index is 0.0351. The predicted molar refractivity (Wildman–Crippen MR) is 117 cm³/mol. The summed E-state index contributed by atoms with van der Waals surface area (Å²) in [6.07, 6.45) is 1.37. The van der Waals surface area contributed by atoms with Crippen LogP contribution in [-0.4, -0.2) is 44.9 Å². The Morgan fingerprint density at radius 1 is 1.27 bits per heavy atom. The molecule has 0 aliphatic carbocycles. The van der Waals surface area contributed by atoms with Crippen LogP contribution in [0.3, 0.4) is 0 Å². The van der Waals surface area contributed by atoms with Gasteiger partial charge in [-0.15, -0.1) is 10.2 Å². The highest BCUT2D eigenvalue weighted by atomic mass is 32.2. The van der Waals surface area contributed by atoms with Crippen LogP contribution in [0.2, 0.25) is 0 Å². The SMILES string of the molecule is CCn1c(SCC(=O)N/N=C\c2cccc(OC)c2O)nnc1-c1ccc(C)cc1. The number of hydrazone groups is 1. The lowest BCUT2D eigenvalue weighted by molar-refractivity contribution is -0.118. The number of carbonyl (C=O) groups excluding carboxylic acids is 1. The standard InChI is InChI=1S/C21H23N5O3S/c1-4-26-20(15-10-8-14(2)9-11-15)24-25-21(26)30-13-18(27)23-22-12-16-6-5-7-17(29-3)19(16)28/h5-12,28H,4,13H2,1-3H3,(H,23,27)/b22-12-. The molecule has 0 aliphatic heterocycles. The van der Waals surface area contributed by atoms with Crippen LogP contribution in [-0.2, 0) is 11.3 Å². The zero-order chi connectivity index (χ0) is 21.5. The molecule has 2 N–H and O–H groups in total. The molecule has 0 atom stereocenters. The van der Waals surface area contributed by atoms with Gasteiger partial charge in [-0.05, 0) is 26.0 Å². The lowest BCUT2D eigenvalue weighted by atomic mass is 10.1. The zero-order valence-corrected chi connectivity index (χ0v) is 17.8. The summed E-state index contributed by atoms with van der Waals surface area (Å²) in [5.74, 6) is 0.914. The van der Waals surface area contributed by atoms with Gasteiger partial charge < -0.3 is 14.4 Å². The van der Waals surface area contributed by atoms with Crippen LogP contribution < -0.4 is 10.2 Å². The molecule has 0 radical (unpaired) electrons. The van der Waals surface area contributed by atoms with E-state index in [4.69, 9.17) is 4.74 Å². The van der Waals surface area contributed by atoms with Crippen molar-refractivity contribution < 1.29 is 14.6 Å². The maximum atomic E-state index is 12.1. The van der Waals surface area contributed by atoms with Gasteiger partial charge in [0, 0.05) is 17.7 Å². The number of nitrogens with zero attached hydrogens (tertiary/aromatic N) is 4. The van der Waals surface area contributed by atoms with Crippen molar-refractivity contribution in [2.75, 3.05) is 12.9 Å². The van der Waals surface area contributed by atoms with E-state index in [1.165, 1.54) is 30.6 Å². The van der Waals surface area contributed by atoms with Crippen LogP contribution >= 0.6 is 11.8 Å². The summed E-state index contributed by atoms with van der Waals surface area (Å²) in [4.78, 5) is 12.1. The van der Waals surface area contributed by atoms with Gasteiger partial charge in [-0.3, -0.25) is 4.79 Å². The molecule has 0 unspecified atom stereocenters. The van der Waals surface area contributed by atoms with Gasteiger partial charge in [0.1, 0.15) is 0 Å². The van der Waals surface area contributed by atoms with Gasteiger partial charge in [-0.2, -0.15) is 5.10 Å². The second-order valence-electron chi connectivity index (χ2n) is 6.40. The summed E-state index contributed by atoms with van der Waals surface area (Å²) in [5, 5.41) is 23.1. The van der Waals surface area contributed by atoms with Crippen molar-refractivity contribution in [1.29, 1.82) is 0 Å². The van der Waals surface area contributed by atoms with E-state index < -0.39 is 0 Å². The second kappa shape index (κ2) is 9.93. The number of aryl methyl sites for hydroxylation is 1. The summed E-state index contributed by atoms with van der Waals surface area (Å²) in [7, 11) is 1.47. The zero-order valence-electron chi connectivity index (χ0n) is 17.0. The van der Waals surface area contributed by atoms with E-state index in [0.717, 1.165) is 11.4 Å². The van der Waals surface area contributed by atoms with Crippen molar-refractivity contribution in [2.24, 2.45) is 5.10 Å². The van der Waals surface area contributed by atoms with Gasteiger partial charge in [0.15, 0.2) is 22.5 Å². The van der Waals surface area contributed by atoms with Crippen molar-refractivity contribution >= 4 is 23.9 Å². The number of ether oxygens (including phenoxy) is 1. The molecule has 30 heavy (non-hydrogen) atoms. The average Bonchev–Trinajstić information content (AvgIpc) is 3.17. The third-order valence-electron chi connectivity index (χ3n) is 4.32. The van der Waals surface area contributed by atoms with Crippen molar-refractivity contribution in [1.82, 2.24) is 20.2 Å². The number of amides is 1. The fourth-order valence-corrected chi connectivity index (χ4v) is 3.54. The van der Waals surface area contributed by atoms with Gasteiger partial charge in [0.2, 0.25) is 0 Å². The minimum Gasteiger partial charge on any atom is -0.504 e. The number of carbonyl (C=O) groups is 1. The fourth-order valence-electron chi connectivity index (χ4n) is 2.74. The number of phenolic OH excluding ortho intramolecular Hbond substituents is 1. The molecular formula is C21H23N5O3S. The van der Waals surface area contributed by atoms with Gasteiger partial charge in [0.05, 0.1) is 19.1 Å². The molecule has 0 saturated heterocycles. The molecule has 0 spiro atoms. The third-order valence-corrected chi connectivity index (χ3v) is 5.28. The Labute approximate surface area is 179 Å². The number of para-hydroxylation sites is 1. The van der Waals surface area contributed by atoms with Gasteiger partial charge in [-0.25, -0.2) is 5.43 Å². The highest BCUT2D eigenvalue weighted by molar-refractivity contribution is 7.99. The first-order valence-corrected chi connectivity index (χ1v) is 10.3. The number of rotatable bonds is 8. The highest BCUT2D eigenvalue weighted by Crippen LogP contribution is 2.28. The molecule has 2 aromatic carbocycles. The normalized spacial score (nSPS) is 11.0. The van der Waals surface area contributed by atoms with E-state index in [0.29, 0.717) is 23.0 Å². The largest absolute Gasteiger partial charge is 0.504 e. The predicted octanol–water partition coefficient (Wildman–Crippen LogP) is 3.23. The van der Waals surface area contributed by atoms with Gasteiger partial charge in [0.25, 0.3) is 5.91 Å². The Morgan fingerprint density at radius 3 is 2.73 bits per heavy atom. The summed E-state index contributed by atoms with van der Waals surface area (Å²) >= 11 is 1.29. The smallest absolute Gasteiger partial charge is 0.250 e. The molecule has 0 fully saturated rings. The summed E-state index contributed by atoms with van der Waals surface area (Å²) in [5.41, 5.74) is 5.05. The Kier molecular flexibility index (Phi) is 7.08. The quantitative estimate of drug-likeness (QED) is 0.326. The monoisotopic (exact) mass is 425 g/mol. The first-order valence-electron chi connectivity index (χ1n) is 9.34. The summed E-state index contributed by atoms with van der Waals surface area (Å²) < 4.78 is 7.02. The molecular weight excluding hydrogens is 402 g/mol. The van der Waals surface area contributed by atoms with Gasteiger partial charge >= 0.3 is 0 Å². The molecule has 156 valence electrons. The van der Waals surface area contributed by atoms with Crippen LogP contribution in [0, 0.1) is 6.92 Å². The number of methoxy groups -OCH3 is 1. The first kappa shape index (κ1) is 21.4. The van der Waals surface area contributed by atoms with Crippen molar-refractivity contribution in [3.8, 4) is 22.9 Å². The number of aromatic nitrogens is 3. The molecule has 3 aromatic rings. The van der Waals surface area contributed by atoms with Crippen molar-refractivity contribution in [3.05, 3.63) is 53.6 Å². The Bertz CT molecular complexity index is 1050. The number of nitrogens with one attached hydrogen (secondary N) is 1. The first-order chi connectivity index (χ1) is 14.5. The number of thioether (sulfide) groups is 1. The molecule has 1 amide bonds. The number of hydrogen-bond acceptors (Lipinski definition) is 7.